The number of nitrogens with one attached hydrogen (secondary N) is 1. The van der Waals surface area contributed by atoms with Gasteiger partial charge >= 0.3 is 0 Å². The molecule has 2 N–H and O–H groups in total. The molecular formula is C36H47FN2O2. The maximum absolute atomic E-state index is 13.8. The number of halogens is 1. The molecule has 0 radical (unpaired) electrons. The second-order valence-corrected chi connectivity index (χ2v) is 12.7. The molecule has 41 heavy (non-hydrogen) atoms. The first-order chi connectivity index (χ1) is 19.5. The molecule has 0 spiro atoms. The van der Waals surface area contributed by atoms with E-state index in [-0.39, 0.29) is 23.7 Å². The smallest absolute Gasteiger partial charge is 0.256 e. The summed E-state index contributed by atoms with van der Waals surface area (Å²) in [6, 6.07) is 6.78. The second-order valence-electron chi connectivity index (χ2n) is 12.7. The molecule has 0 bridgehead atoms. The van der Waals surface area contributed by atoms with Gasteiger partial charge in [-0.25, -0.2) is 4.39 Å². The van der Waals surface area contributed by atoms with Crippen LogP contribution in [0.25, 0.3) is 0 Å². The molecule has 4 nitrogen and oxygen atoms in total. The van der Waals surface area contributed by atoms with E-state index in [4.69, 9.17) is 0 Å². The van der Waals surface area contributed by atoms with Crippen molar-refractivity contribution >= 4 is 5.91 Å². The van der Waals surface area contributed by atoms with Crippen LogP contribution in [-0.4, -0.2) is 41.4 Å². The third-order valence-electron chi connectivity index (χ3n) is 10.4. The lowest BCUT2D eigenvalue weighted by molar-refractivity contribution is -0.115. The van der Waals surface area contributed by atoms with Gasteiger partial charge in [0, 0.05) is 35.9 Å². The molecule has 220 valence electrons. The van der Waals surface area contributed by atoms with Gasteiger partial charge in [0.1, 0.15) is 12.4 Å². The Morgan fingerprint density at radius 3 is 2.46 bits per heavy atom. The van der Waals surface area contributed by atoms with Crippen molar-refractivity contribution in [2.24, 2.45) is 17.8 Å². The van der Waals surface area contributed by atoms with Gasteiger partial charge in [-0.3, -0.25) is 9.69 Å². The van der Waals surface area contributed by atoms with E-state index < -0.39 is 12.4 Å². The number of alkyl halides is 1. The Labute approximate surface area is 245 Å². The Kier molecular flexibility index (Phi) is 8.59. The Morgan fingerprint density at radius 1 is 1.10 bits per heavy atom. The Balaban J connectivity index is 1.57. The summed E-state index contributed by atoms with van der Waals surface area (Å²) in [6.45, 7) is 16.3. The van der Waals surface area contributed by atoms with Crippen molar-refractivity contribution in [3.05, 3.63) is 92.3 Å². The van der Waals surface area contributed by atoms with E-state index in [1.54, 1.807) is 0 Å². The van der Waals surface area contributed by atoms with E-state index in [2.05, 4.69) is 90.2 Å². The first-order valence-corrected chi connectivity index (χ1v) is 15.6. The average Bonchev–Trinajstić information content (AvgIpc) is 3.27. The SMILES string of the molecule is CCc1ccc(C)c(C2C=C3C(=CC2CC)NC(=O)/C3=C\C2=C(C)C(C(O)N3CCC(F)CC3)=C(C)C(C)C2C)c1. The number of aryl methyl sites for hydroxylation is 2. The van der Waals surface area contributed by atoms with Crippen molar-refractivity contribution in [2.45, 2.75) is 92.5 Å². The minimum Gasteiger partial charge on any atom is -0.374 e. The van der Waals surface area contributed by atoms with Crippen LogP contribution in [0.5, 0.6) is 0 Å². The van der Waals surface area contributed by atoms with Crippen LogP contribution in [0.4, 0.5) is 4.39 Å². The van der Waals surface area contributed by atoms with Crippen molar-refractivity contribution in [2.75, 3.05) is 13.1 Å². The predicted molar refractivity (Wildman–Crippen MR) is 165 cm³/mol. The summed E-state index contributed by atoms with van der Waals surface area (Å²) in [5, 5.41) is 14.7. The zero-order valence-corrected chi connectivity index (χ0v) is 25.9. The van der Waals surface area contributed by atoms with Gasteiger partial charge in [-0.2, -0.15) is 0 Å². The molecule has 2 aliphatic heterocycles. The van der Waals surface area contributed by atoms with Gasteiger partial charge < -0.3 is 10.4 Å². The first kappa shape index (κ1) is 29.7. The Hall–Kier alpha value is -2.76. The third-order valence-corrected chi connectivity index (χ3v) is 10.4. The number of fused-ring (bicyclic) bond motifs is 1. The number of amides is 1. The first-order valence-electron chi connectivity index (χ1n) is 15.6. The summed E-state index contributed by atoms with van der Waals surface area (Å²) < 4.78 is 13.8. The molecule has 1 aromatic carbocycles. The summed E-state index contributed by atoms with van der Waals surface area (Å²) in [5.41, 5.74) is 10.8. The highest BCUT2D eigenvalue weighted by molar-refractivity contribution is 6.05. The molecular weight excluding hydrogens is 511 g/mol. The van der Waals surface area contributed by atoms with Crippen molar-refractivity contribution in [1.29, 1.82) is 0 Å². The van der Waals surface area contributed by atoms with Gasteiger partial charge in [-0.05, 0) is 104 Å². The van der Waals surface area contributed by atoms with E-state index in [1.807, 2.05) is 4.90 Å². The molecule has 5 heteroatoms. The monoisotopic (exact) mass is 558 g/mol. The highest BCUT2D eigenvalue weighted by Crippen LogP contribution is 2.45. The lowest BCUT2D eigenvalue weighted by Crippen LogP contribution is -2.44. The molecule has 2 heterocycles. The van der Waals surface area contributed by atoms with Crippen LogP contribution in [0, 0.1) is 24.7 Å². The minimum atomic E-state index is -0.785. The molecule has 2 fully saturated rings. The largest absolute Gasteiger partial charge is 0.374 e. The van der Waals surface area contributed by atoms with Crippen LogP contribution in [0.2, 0.25) is 0 Å². The van der Waals surface area contributed by atoms with E-state index in [9.17, 15) is 14.3 Å². The maximum atomic E-state index is 13.8. The number of allylic oxidation sites excluding steroid dienone is 6. The highest BCUT2D eigenvalue weighted by atomic mass is 19.1. The van der Waals surface area contributed by atoms with E-state index in [0.29, 0.717) is 37.4 Å². The number of hydrogen-bond donors (Lipinski definition) is 2. The van der Waals surface area contributed by atoms with Crippen molar-refractivity contribution in [3.8, 4) is 0 Å². The Bertz CT molecular complexity index is 1370. The van der Waals surface area contributed by atoms with Crippen LogP contribution in [-0.2, 0) is 11.2 Å². The molecule has 2 aliphatic carbocycles. The standard InChI is InChI=1S/C36H47FN2O2/c1-8-25-11-10-20(3)28(16-25)30-19-31-32(35(40)38-33(31)17-26(30)9-2)18-29-22(5)21(4)23(6)34(24(29)7)36(41)39-14-12-27(37)13-15-39/h10-11,16-19,21-22,26-27,30,36,41H,8-9,12-15H2,1-7H3,(H,38,40)/b32-18-. The summed E-state index contributed by atoms with van der Waals surface area (Å²) in [6.07, 6.45) is 8.02. The van der Waals surface area contributed by atoms with Crippen LogP contribution >= 0.6 is 0 Å². The van der Waals surface area contributed by atoms with Crippen molar-refractivity contribution in [1.82, 2.24) is 10.2 Å². The molecule has 5 rings (SSSR count). The van der Waals surface area contributed by atoms with Crippen molar-refractivity contribution in [3.63, 3.8) is 0 Å². The van der Waals surface area contributed by atoms with E-state index in [1.165, 1.54) is 22.3 Å². The molecule has 0 saturated carbocycles. The molecule has 1 aromatic rings. The van der Waals surface area contributed by atoms with Crippen LogP contribution < -0.4 is 5.32 Å². The fraction of sp³-hybridized carbons (Fsp3) is 0.528. The van der Waals surface area contributed by atoms with Gasteiger partial charge in [0.2, 0.25) is 0 Å². The number of likely N-dealkylation sites (tertiary alicyclic amines) is 1. The average molecular weight is 559 g/mol. The van der Waals surface area contributed by atoms with Crippen LogP contribution in [0.3, 0.4) is 0 Å². The minimum absolute atomic E-state index is 0.0596. The Morgan fingerprint density at radius 2 is 1.80 bits per heavy atom. The van der Waals surface area contributed by atoms with Gasteiger partial charge in [0.15, 0.2) is 0 Å². The fourth-order valence-corrected chi connectivity index (χ4v) is 7.33. The predicted octanol–water partition coefficient (Wildman–Crippen LogP) is 7.22. The van der Waals surface area contributed by atoms with Gasteiger partial charge in [-0.1, -0.05) is 63.6 Å². The molecule has 5 atom stereocenters. The number of aliphatic hydroxyl groups excluding tert-OH is 1. The number of hydrogen-bond acceptors (Lipinski definition) is 3. The normalized spacial score (nSPS) is 29.5. The number of aliphatic hydroxyl groups is 1. The number of piperidine rings is 1. The van der Waals surface area contributed by atoms with Crippen LogP contribution in [0.1, 0.15) is 83.4 Å². The quantitative estimate of drug-likeness (QED) is 0.363. The summed E-state index contributed by atoms with van der Waals surface area (Å²) in [7, 11) is 0. The van der Waals surface area contributed by atoms with Gasteiger partial charge in [-0.15, -0.1) is 0 Å². The summed E-state index contributed by atoms with van der Waals surface area (Å²) >= 11 is 0. The molecule has 0 aromatic heterocycles. The lowest BCUT2D eigenvalue weighted by atomic mass is 9.72. The van der Waals surface area contributed by atoms with Crippen molar-refractivity contribution < 1.29 is 14.3 Å². The highest BCUT2D eigenvalue weighted by Gasteiger charge is 2.38. The number of rotatable bonds is 6. The molecule has 5 unspecified atom stereocenters. The molecule has 1 amide bonds. The number of carbonyl (C=O) groups excluding carboxylic acids is 1. The van der Waals surface area contributed by atoms with Gasteiger partial charge in [0.25, 0.3) is 5.91 Å². The molecule has 2 saturated heterocycles. The summed E-state index contributed by atoms with van der Waals surface area (Å²) in [5.74, 6) is 0.871. The maximum Gasteiger partial charge on any atom is 0.256 e. The van der Waals surface area contributed by atoms with Gasteiger partial charge in [0.05, 0.1) is 0 Å². The number of nitrogens with zero attached hydrogens (tertiary/aromatic N) is 1. The number of benzene rings is 1. The van der Waals surface area contributed by atoms with E-state index in [0.717, 1.165) is 40.8 Å². The fourth-order valence-electron chi connectivity index (χ4n) is 7.33. The molecule has 4 aliphatic rings. The van der Waals surface area contributed by atoms with E-state index >= 15 is 0 Å². The summed E-state index contributed by atoms with van der Waals surface area (Å²) in [4.78, 5) is 15.5. The number of carbonyl (C=O) groups is 1. The topological polar surface area (TPSA) is 52.6 Å². The van der Waals surface area contributed by atoms with Crippen LogP contribution in [0.15, 0.2) is 75.6 Å². The zero-order valence-electron chi connectivity index (χ0n) is 25.9. The zero-order chi connectivity index (χ0) is 29.6. The third kappa shape index (κ3) is 5.44. The lowest BCUT2D eigenvalue weighted by Gasteiger charge is -2.39. The second kappa shape index (κ2) is 11.9.